The van der Waals surface area contributed by atoms with Crippen molar-refractivity contribution < 1.29 is 0 Å². The Morgan fingerprint density at radius 3 is 2.47 bits per heavy atom. The third-order valence-corrected chi connectivity index (χ3v) is 4.54. The number of hydrogen-bond donors (Lipinski definition) is 0. The highest BCUT2D eigenvalue weighted by Crippen LogP contribution is 2.25. The third kappa shape index (κ3) is 3.43. The second-order valence-electron chi connectivity index (χ2n) is 5.55. The molecule has 1 aliphatic heterocycles. The fraction of sp³-hybridized carbons (Fsp3) is 0.625. The van der Waals surface area contributed by atoms with Gasteiger partial charge < -0.3 is 4.90 Å². The molecule has 0 aliphatic carbocycles. The van der Waals surface area contributed by atoms with Gasteiger partial charge >= 0.3 is 0 Å². The molecule has 2 nitrogen and oxygen atoms in total. The number of benzene rings is 1. The highest BCUT2D eigenvalue weighted by Gasteiger charge is 2.21. The number of alkyl halides is 1. The van der Waals surface area contributed by atoms with Crippen LogP contribution in [0, 0.1) is 6.92 Å². The van der Waals surface area contributed by atoms with Crippen molar-refractivity contribution in [3.63, 3.8) is 0 Å². The Hall–Kier alpha value is -0.730. The molecular formula is C16H25ClN2. The van der Waals surface area contributed by atoms with Gasteiger partial charge in [0.2, 0.25) is 0 Å². The quantitative estimate of drug-likeness (QED) is 0.777. The minimum atomic E-state index is 0.600. The number of aryl methyl sites for hydroxylation is 1. The van der Waals surface area contributed by atoms with E-state index in [0.29, 0.717) is 11.9 Å². The first-order chi connectivity index (χ1) is 9.15. The van der Waals surface area contributed by atoms with Crippen molar-refractivity contribution >= 4 is 17.3 Å². The van der Waals surface area contributed by atoms with Crippen molar-refractivity contribution in [3.05, 3.63) is 29.3 Å². The molecule has 0 spiro atoms. The van der Waals surface area contributed by atoms with Gasteiger partial charge in [-0.3, -0.25) is 4.90 Å². The largest absolute Gasteiger partial charge is 0.369 e. The van der Waals surface area contributed by atoms with Crippen LogP contribution in [0.1, 0.15) is 31.4 Å². The Morgan fingerprint density at radius 1 is 1.21 bits per heavy atom. The van der Waals surface area contributed by atoms with Crippen LogP contribution in [0.2, 0.25) is 0 Å². The van der Waals surface area contributed by atoms with Crippen LogP contribution in [-0.4, -0.2) is 37.1 Å². The topological polar surface area (TPSA) is 6.48 Å². The van der Waals surface area contributed by atoms with Crippen molar-refractivity contribution in [1.29, 1.82) is 0 Å². The first-order valence-corrected chi connectivity index (χ1v) is 7.83. The molecule has 1 aromatic carbocycles. The van der Waals surface area contributed by atoms with Crippen LogP contribution in [0.3, 0.4) is 0 Å². The summed E-state index contributed by atoms with van der Waals surface area (Å²) in [5, 5.41) is 0. The average molecular weight is 281 g/mol. The van der Waals surface area contributed by atoms with E-state index in [0.717, 1.165) is 26.2 Å². The Labute approximate surface area is 122 Å². The third-order valence-electron chi connectivity index (χ3n) is 4.25. The summed E-state index contributed by atoms with van der Waals surface area (Å²) < 4.78 is 0. The first kappa shape index (κ1) is 14.7. The summed E-state index contributed by atoms with van der Waals surface area (Å²) in [6.07, 6.45) is 1.23. The predicted molar refractivity (Wildman–Crippen MR) is 84.3 cm³/mol. The van der Waals surface area contributed by atoms with Crippen LogP contribution in [0.4, 0.5) is 5.69 Å². The lowest BCUT2D eigenvalue weighted by molar-refractivity contribution is 0.193. The number of hydrogen-bond acceptors (Lipinski definition) is 2. The standard InChI is InChI=1S/C16H25ClN2/c1-4-14(3)18-7-9-19(10-8-18)16-6-5-13(2)11-15(16)12-17/h5-6,11,14H,4,7-10,12H2,1-3H3. The van der Waals surface area contributed by atoms with Crippen molar-refractivity contribution in [3.8, 4) is 0 Å². The zero-order valence-corrected chi connectivity index (χ0v) is 13.1. The number of anilines is 1. The van der Waals surface area contributed by atoms with Crippen molar-refractivity contribution in [2.45, 2.75) is 39.1 Å². The van der Waals surface area contributed by atoms with Gasteiger partial charge in [0, 0.05) is 43.8 Å². The summed E-state index contributed by atoms with van der Waals surface area (Å²) in [7, 11) is 0. The molecule has 0 aromatic heterocycles. The molecule has 0 saturated carbocycles. The maximum Gasteiger partial charge on any atom is 0.0494 e. The predicted octanol–water partition coefficient (Wildman–Crippen LogP) is 3.65. The molecule has 0 amide bonds. The zero-order chi connectivity index (χ0) is 13.8. The molecule has 2 rings (SSSR count). The van der Waals surface area contributed by atoms with Crippen LogP contribution in [-0.2, 0) is 5.88 Å². The van der Waals surface area contributed by atoms with Crippen LogP contribution in [0.15, 0.2) is 18.2 Å². The lowest BCUT2D eigenvalue weighted by Crippen LogP contribution is -2.49. The van der Waals surface area contributed by atoms with Gasteiger partial charge in [0.05, 0.1) is 0 Å². The number of halogens is 1. The molecule has 0 bridgehead atoms. The van der Waals surface area contributed by atoms with E-state index < -0.39 is 0 Å². The lowest BCUT2D eigenvalue weighted by Gasteiger charge is -2.39. The minimum Gasteiger partial charge on any atom is -0.369 e. The summed E-state index contributed by atoms with van der Waals surface area (Å²) in [6.45, 7) is 11.2. The number of nitrogens with zero attached hydrogens (tertiary/aromatic N) is 2. The Bertz CT molecular complexity index is 411. The van der Waals surface area contributed by atoms with Crippen molar-refractivity contribution in [1.82, 2.24) is 4.90 Å². The molecule has 1 atom stereocenters. The van der Waals surface area contributed by atoms with Gasteiger partial charge in [-0.2, -0.15) is 0 Å². The molecule has 1 aliphatic rings. The summed E-state index contributed by atoms with van der Waals surface area (Å²) in [4.78, 5) is 5.07. The Kier molecular flexibility index (Phi) is 5.12. The van der Waals surface area contributed by atoms with Crippen LogP contribution in [0.5, 0.6) is 0 Å². The monoisotopic (exact) mass is 280 g/mol. The highest BCUT2D eigenvalue weighted by molar-refractivity contribution is 6.17. The van der Waals surface area contributed by atoms with Crippen LogP contribution in [0.25, 0.3) is 0 Å². The molecule has 1 fully saturated rings. The van der Waals surface area contributed by atoms with E-state index in [1.54, 1.807) is 0 Å². The average Bonchev–Trinajstić information content (AvgIpc) is 2.46. The van der Waals surface area contributed by atoms with Gasteiger partial charge in [0.15, 0.2) is 0 Å². The van der Waals surface area contributed by atoms with Gasteiger partial charge in [0.1, 0.15) is 0 Å². The van der Waals surface area contributed by atoms with E-state index in [4.69, 9.17) is 11.6 Å². The summed E-state index contributed by atoms with van der Waals surface area (Å²) >= 11 is 6.09. The van der Waals surface area contributed by atoms with Crippen molar-refractivity contribution in [2.24, 2.45) is 0 Å². The second-order valence-corrected chi connectivity index (χ2v) is 5.81. The van der Waals surface area contributed by atoms with Gasteiger partial charge in [-0.25, -0.2) is 0 Å². The Morgan fingerprint density at radius 2 is 1.89 bits per heavy atom. The van der Waals surface area contributed by atoms with Crippen LogP contribution >= 0.6 is 11.6 Å². The SMILES string of the molecule is CCC(C)N1CCN(c2ccc(C)cc2CCl)CC1. The fourth-order valence-electron chi connectivity index (χ4n) is 2.79. The second kappa shape index (κ2) is 6.62. The molecule has 1 saturated heterocycles. The van der Waals surface area contributed by atoms with Gasteiger partial charge in [-0.15, -0.1) is 11.6 Å². The minimum absolute atomic E-state index is 0.600. The zero-order valence-electron chi connectivity index (χ0n) is 12.3. The number of rotatable bonds is 4. The molecule has 1 aromatic rings. The molecule has 0 radical (unpaired) electrons. The highest BCUT2D eigenvalue weighted by atomic mass is 35.5. The maximum absolute atomic E-state index is 6.09. The summed E-state index contributed by atoms with van der Waals surface area (Å²) in [5.74, 6) is 0.600. The lowest BCUT2D eigenvalue weighted by atomic mass is 10.1. The van der Waals surface area contributed by atoms with E-state index >= 15 is 0 Å². The molecule has 1 unspecified atom stereocenters. The smallest absolute Gasteiger partial charge is 0.0494 e. The van der Waals surface area contributed by atoms with Crippen molar-refractivity contribution in [2.75, 3.05) is 31.1 Å². The molecule has 19 heavy (non-hydrogen) atoms. The fourth-order valence-corrected chi connectivity index (χ4v) is 3.01. The van der Waals surface area contributed by atoms with Gasteiger partial charge in [-0.1, -0.05) is 24.6 Å². The van der Waals surface area contributed by atoms with E-state index in [2.05, 4.69) is 48.8 Å². The summed E-state index contributed by atoms with van der Waals surface area (Å²) in [5.41, 5.74) is 3.88. The van der Waals surface area contributed by atoms with E-state index in [1.807, 2.05) is 0 Å². The van der Waals surface area contributed by atoms with E-state index in [-0.39, 0.29) is 0 Å². The number of piperazine rings is 1. The van der Waals surface area contributed by atoms with Crippen LogP contribution < -0.4 is 4.90 Å². The van der Waals surface area contributed by atoms with Gasteiger partial charge in [0.25, 0.3) is 0 Å². The Balaban J connectivity index is 2.05. The molecule has 106 valence electrons. The molecule has 1 heterocycles. The molecule has 0 N–H and O–H groups in total. The maximum atomic E-state index is 6.09. The first-order valence-electron chi connectivity index (χ1n) is 7.30. The van der Waals surface area contributed by atoms with E-state index in [9.17, 15) is 0 Å². The molecular weight excluding hydrogens is 256 g/mol. The van der Waals surface area contributed by atoms with Gasteiger partial charge in [-0.05, 0) is 31.9 Å². The molecule has 3 heteroatoms. The normalized spacial score (nSPS) is 18.6. The van der Waals surface area contributed by atoms with E-state index in [1.165, 1.54) is 23.2 Å². The summed E-state index contributed by atoms with van der Waals surface area (Å²) in [6, 6.07) is 7.33.